The van der Waals surface area contributed by atoms with Gasteiger partial charge in [0.25, 0.3) is 0 Å². The Bertz CT molecular complexity index is 1940. The molecule has 0 amide bonds. The number of hydrogen-bond acceptors (Lipinski definition) is 15. The molecule has 0 aromatic rings. The quantitative estimate of drug-likeness (QED) is 0.0222. The number of ether oxygens (including phenoxy) is 4. The van der Waals surface area contributed by atoms with Crippen LogP contribution >= 0.6 is 15.6 Å². The molecule has 0 aliphatic rings. The molecule has 0 aromatic carbocycles. The molecule has 0 saturated heterocycles. The van der Waals surface area contributed by atoms with Crippen molar-refractivity contribution in [2.24, 2.45) is 23.7 Å². The number of aliphatic hydroxyl groups is 1. The number of carbonyl (C=O) groups is 4. The van der Waals surface area contributed by atoms with Crippen molar-refractivity contribution in [3.05, 3.63) is 0 Å². The second kappa shape index (κ2) is 69.1. The average Bonchev–Trinajstić information content (AvgIpc) is 1.03. The van der Waals surface area contributed by atoms with E-state index >= 15 is 0 Å². The zero-order valence-corrected chi connectivity index (χ0v) is 66.9. The Morgan fingerprint density at radius 2 is 0.424 bits per heavy atom. The molecule has 588 valence electrons. The Morgan fingerprint density at radius 3 is 0.626 bits per heavy atom. The monoisotopic (exact) mass is 1450 g/mol. The number of phosphoric acid groups is 2. The number of unbranched alkanes of at least 4 members (excludes halogenated alkanes) is 43. The molecule has 99 heavy (non-hydrogen) atoms. The van der Waals surface area contributed by atoms with Crippen LogP contribution in [0.3, 0.4) is 0 Å². The van der Waals surface area contributed by atoms with Crippen LogP contribution in [0.15, 0.2) is 0 Å². The van der Waals surface area contributed by atoms with Crippen LogP contribution in [0.2, 0.25) is 0 Å². The van der Waals surface area contributed by atoms with E-state index in [9.17, 15) is 43.2 Å². The Morgan fingerprint density at radius 1 is 0.253 bits per heavy atom. The van der Waals surface area contributed by atoms with Gasteiger partial charge in [0, 0.05) is 25.7 Å². The summed E-state index contributed by atoms with van der Waals surface area (Å²) in [5.74, 6) is 0.944. The molecule has 0 bridgehead atoms. The Labute approximate surface area is 607 Å². The number of phosphoric ester groups is 2. The van der Waals surface area contributed by atoms with Crippen LogP contribution in [-0.4, -0.2) is 96.7 Å². The van der Waals surface area contributed by atoms with E-state index in [0.29, 0.717) is 31.6 Å². The van der Waals surface area contributed by atoms with Crippen LogP contribution in [0.25, 0.3) is 0 Å². The van der Waals surface area contributed by atoms with E-state index in [4.69, 9.17) is 37.0 Å². The summed E-state index contributed by atoms with van der Waals surface area (Å²) in [7, 11) is -9.92. The van der Waals surface area contributed by atoms with E-state index in [1.807, 2.05) is 0 Å². The van der Waals surface area contributed by atoms with Gasteiger partial charge in [0.2, 0.25) is 0 Å². The zero-order valence-electron chi connectivity index (χ0n) is 65.1. The molecule has 0 radical (unpaired) electrons. The molecule has 17 nitrogen and oxygen atoms in total. The van der Waals surface area contributed by atoms with E-state index in [-0.39, 0.29) is 25.7 Å². The number of aliphatic hydroxyl groups excluding tert-OH is 1. The van der Waals surface area contributed by atoms with Crippen molar-refractivity contribution >= 4 is 39.5 Å². The first-order chi connectivity index (χ1) is 47.6. The maximum Gasteiger partial charge on any atom is 0.472 e. The molecule has 0 saturated carbocycles. The van der Waals surface area contributed by atoms with Crippen LogP contribution in [0, 0.1) is 23.7 Å². The molecule has 0 aliphatic carbocycles. The molecule has 0 aliphatic heterocycles. The lowest BCUT2D eigenvalue weighted by Gasteiger charge is -2.21. The van der Waals surface area contributed by atoms with Crippen molar-refractivity contribution in [1.82, 2.24) is 0 Å². The first kappa shape index (κ1) is 97.1. The molecule has 0 aromatic heterocycles. The molecule has 3 unspecified atom stereocenters. The minimum absolute atomic E-state index is 0.106. The first-order valence-corrected chi connectivity index (χ1v) is 44.2. The van der Waals surface area contributed by atoms with Gasteiger partial charge in [0.15, 0.2) is 12.2 Å². The molecular formula is C80H156O17P2. The minimum Gasteiger partial charge on any atom is -0.462 e. The van der Waals surface area contributed by atoms with Gasteiger partial charge in [0.1, 0.15) is 19.3 Å². The van der Waals surface area contributed by atoms with E-state index in [0.717, 1.165) is 114 Å². The highest BCUT2D eigenvalue weighted by atomic mass is 31.2. The predicted molar refractivity (Wildman–Crippen MR) is 404 cm³/mol. The Hall–Kier alpha value is -1.94. The van der Waals surface area contributed by atoms with Crippen molar-refractivity contribution in [1.29, 1.82) is 0 Å². The minimum atomic E-state index is -4.96. The highest BCUT2D eigenvalue weighted by Gasteiger charge is 2.30. The number of esters is 4. The maximum atomic E-state index is 13.1. The van der Waals surface area contributed by atoms with Gasteiger partial charge >= 0.3 is 39.5 Å². The number of rotatable bonds is 77. The summed E-state index contributed by atoms with van der Waals surface area (Å²) in [5, 5.41) is 10.6. The van der Waals surface area contributed by atoms with Gasteiger partial charge in [-0.3, -0.25) is 37.3 Å². The van der Waals surface area contributed by atoms with Crippen LogP contribution in [0.5, 0.6) is 0 Å². The summed E-state index contributed by atoms with van der Waals surface area (Å²) < 4.78 is 68.7. The molecule has 0 heterocycles. The largest absolute Gasteiger partial charge is 0.472 e. The van der Waals surface area contributed by atoms with Crippen molar-refractivity contribution in [3.8, 4) is 0 Å². The summed E-state index contributed by atoms with van der Waals surface area (Å²) in [6.45, 7) is 14.2. The summed E-state index contributed by atoms with van der Waals surface area (Å²) >= 11 is 0. The smallest absolute Gasteiger partial charge is 0.462 e. The van der Waals surface area contributed by atoms with Crippen LogP contribution < -0.4 is 0 Å². The molecule has 3 N–H and O–H groups in total. The number of hydrogen-bond donors (Lipinski definition) is 3. The van der Waals surface area contributed by atoms with Gasteiger partial charge in [0.05, 0.1) is 26.4 Å². The SMILES string of the molecule is CC(C)CCCCCCCCCCCCCCCCC(=O)OC[C@H](COP(=O)(O)OCC(O)COP(=O)(O)OC[C@@H](COC(=O)CCCCCCCCC(C)C)OC(=O)CCCCCCCCCCCCCCCCC(C)C)OC(=O)CCCCCCCCCCCCCCCC(C)C. The van der Waals surface area contributed by atoms with Gasteiger partial charge in [-0.25, -0.2) is 9.13 Å². The van der Waals surface area contributed by atoms with Crippen molar-refractivity contribution < 1.29 is 80.2 Å². The lowest BCUT2D eigenvalue weighted by Crippen LogP contribution is -2.30. The fourth-order valence-electron chi connectivity index (χ4n) is 12.3. The third-order valence-corrected chi connectivity index (χ3v) is 20.5. The first-order valence-electron chi connectivity index (χ1n) is 41.2. The zero-order chi connectivity index (χ0) is 73.1. The second-order valence-electron chi connectivity index (χ2n) is 30.7. The fourth-order valence-corrected chi connectivity index (χ4v) is 13.8. The molecule has 0 rings (SSSR count). The van der Waals surface area contributed by atoms with Crippen molar-refractivity contribution in [2.75, 3.05) is 39.6 Å². The summed E-state index contributed by atoms with van der Waals surface area (Å²) in [5.41, 5.74) is 0. The predicted octanol–water partition coefficient (Wildman–Crippen LogP) is 23.6. The Balaban J connectivity index is 5.23. The van der Waals surface area contributed by atoms with Crippen LogP contribution in [-0.2, 0) is 65.4 Å². The highest BCUT2D eigenvalue weighted by Crippen LogP contribution is 2.45. The van der Waals surface area contributed by atoms with E-state index in [1.165, 1.54) is 205 Å². The van der Waals surface area contributed by atoms with E-state index in [2.05, 4.69) is 55.4 Å². The summed E-state index contributed by atoms with van der Waals surface area (Å²) in [6.07, 6.45) is 55.6. The van der Waals surface area contributed by atoms with Crippen molar-refractivity contribution in [3.63, 3.8) is 0 Å². The van der Waals surface area contributed by atoms with Crippen molar-refractivity contribution in [2.45, 2.75) is 427 Å². The molecule has 0 fully saturated rings. The standard InChI is InChI=1S/C80H156O17P2/c1-70(2)56-48-40-32-26-20-14-9-11-17-23-29-35-44-52-60-77(82)90-66-75(96-79(84)63-55-47-37-31-25-19-13-16-22-28-34-42-50-58-72(5)6)68-94-98(86,87)92-64-74(81)65-93-99(88,89)95-69-76(67-91-78(83)61-53-45-39-38-43-51-59-73(7)8)97-80(85)62-54-46-36-30-24-18-12-10-15-21-27-33-41-49-57-71(3)4/h70-76,81H,9-69H2,1-8H3,(H,86,87)(H,88,89)/t74?,75-,76-/m1/s1. The molecule has 5 atom stereocenters. The third kappa shape index (κ3) is 74.1. The van der Waals surface area contributed by atoms with Gasteiger partial charge < -0.3 is 33.8 Å². The molecule has 0 spiro atoms. The second-order valence-corrected chi connectivity index (χ2v) is 33.6. The summed E-state index contributed by atoms with van der Waals surface area (Å²) in [4.78, 5) is 73.0. The van der Waals surface area contributed by atoms with Gasteiger partial charge in [-0.15, -0.1) is 0 Å². The lowest BCUT2D eigenvalue weighted by molar-refractivity contribution is -0.161. The normalized spacial score (nSPS) is 14.1. The van der Waals surface area contributed by atoms with Gasteiger partial charge in [-0.05, 0) is 49.4 Å². The van der Waals surface area contributed by atoms with E-state index < -0.39 is 97.5 Å². The topological polar surface area (TPSA) is 237 Å². The molecular weight excluding hydrogens is 1290 g/mol. The fraction of sp³-hybridized carbons (Fsp3) is 0.950. The van der Waals surface area contributed by atoms with Gasteiger partial charge in [-0.1, -0.05) is 357 Å². The van der Waals surface area contributed by atoms with E-state index in [1.54, 1.807) is 0 Å². The highest BCUT2D eigenvalue weighted by molar-refractivity contribution is 7.47. The maximum absolute atomic E-state index is 13.1. The number of carbonyl (C=O) groups excluding carboxylic acids is 4. The Kier molecular flexibility index (Phi) is 67.8. The molecule has 19 heteroatoms. The van der Waals surface area contributed by atoms with Gasteiger partial charge in [-0.2, -0.15) is 0 Å². The third-order valence-electron chi connectivity index (χ3n) is 18.6. The van der Waals surface area contributed by atoms with Crippen LogP contribution in [0.1, 0.15) is 409 Å². The van der Waals surface area contributed by atoms with Crippen LogP contribution in [0.4, 0.5) is 0 Å². The summed E-state index contributed by atoms with van der Waals surface area (Å²) in [6, 6.07) is 0. The average molecular weight is 1450 g/mol. The lowest BCUT2D eigenvalue weighted by atomic mass is 10.0.